The van der Waals surface area contributed by atoms with Crippen LogP contribution < -0.4 is 10.2 Å². The molecule has 0 bridgehead atoms. The van der Waals surface area contributed by atoms with Gasteiger partial charge in [-0.1, -0.05) is 0 Å². The molecule has 3 rings (SSSR count). The maximum atomic E-state index is 10.9. The minimum atomic E-state index is -3.99. The molecule has 0 amide bonds. The largest absolute Gasteiger partial charge is 0.378 e. The predicted octanol–water partition coefficient (Wildman–Crippen LogP) is 2.81. The molecule has 25 heavy (non-hydrogen) atoms. The Balaban J connectivity index is 1.96. The van der Waals surface area contributed by atoms with E-state index in [0.29, 0.717) is 29.8 Å². The summed E-state index contributed by atoms with van der Waals surface area (Å²) in [5.74, 6) is 0.517. The first-order valence-electron chi connectivity index (χ1n) is 7.69. The first kappa shape index (κ1) is 17.9. The second kappa shape index (κ2) is 6.80. The van der Waals surface area contributed by atoms with Gasteiger partial charge >= 0.3 is 7.60 Å². The van der Waals surface area contributed by atoms with E-state index in [1.807, 2.05) is 37.2 Å². The summed E-state index contributed by atoms with van der Waals surface area (Å²) in [6.07, 6.45) is 0.138. The zero-order valence-corrected chi connectivity index (χ0v) is 15.5. The summed E-state index contributed by atoms with van der Waals surface area (Å²) in [6.45, 7) is 0.367. The molecule has 0 radical (unpaired) electrons. The standard InChI is InChI=1S/C15H19ClN5O3P/c1-21(2)9-4-5-11-10(8-9)12-13(18-11)14(20-15(16)19-12)17-6-3-7-25(22,23)24/h4-5,8,18H,3,6-7H2,1-2H3,(H,17,19,20)(H2,22,23,24). The fourth-order valence-corrected chi connectivity index (χ4v) is 3.36. The number of nitrogens with one attached hydrogen (secondary N) is 2. The summed E-state index contributed by atoms with van der Waals surface area (Å²) < 4.78 is 10.9. The van der Waals surface area contributed by atoms with Crippen LogP contribution in [-0.2, 0) is 4.57 Å². The Morgan fingerprint density at radius 2 is 2.08 bits per heavy atom. The molecule has 2 aromatic heterocycles. The molecule has 0 aliphatic carbocycles. The molecule has 2 heterocycles. The number of H-pyrrole nitrogens is 1. The number of hydrogen-bond acceptors (Lipinski definition) is 5. The summed E-state index contributed by atoms with van der Waals surface area (Å²) in [7, 11) is -0.0658. The van der Waals surface area contributed by atoms with Gasteiger partial charge in [0.05, 0.1) is 6.16 Å². The molecule has 0 atom stereocenters. The lowest BCUT2D eigenvalue weighted by Crippen LogP contribution is -2.07. The summed E-state index contributed by atoms with van der Waals surface area (Å²) in [5, 5.41) is 4.13. The molecule has 0 aliphatic heterocycles. The van der Waals surface area contributed by atoms with Gasteiger partial charge < -0.3 is 25.0 Å². The van der Waals surface area contributed by atoms with Crippen LogP contribution in [0, 0.1) is 0 Å². The molecule has 4 N–H and O–H groups in total. The Hall–Kier alpha value is -1.86. The van der Waals surface area contributed by atoms with Crippen molar-refractivity contribution in [3.05, 3.63) is 23.5 Å². The minimum Gasteiger partial charge on any atom is -0.378 e. The number of aromatic nitrogens is 3. The van der Waals surface area contributed by atoms with Gasteiger partial charge in [-0.05, 0) is 36.2 Å². The fraction of sp³-hybridized carbons (Fsp3) is 0.333. The monoisotopic (exact) mass is 383 g/mol. The van der Waals surface area contributed by atoms with Crippen LogP contribution in [-0.4, -0.2) is 51.5 Å². The van der Waals surface area contributed by atoms with Crippen molar-refractivity contribution >= 4 is 52.6 Å². The van der Waals surface area contributed by atoms with Crippen molar-refractivity contribution in [2.75, 3.05) is 37.0 Å². The lowest BCUT2D eigenvalue weighted by molar-refractivity contribution is 0.372. The average molecular weight is 384 g/mol. The Morgan fingerprint density at radius 1 is 1.32 bits per heavy atom. The van der Waals surface area contributed by atoms with Gasteiger partial charge in [0.2, 0.25) is 5.28 Å². The van der Waals surface area contributed by atoms with Gasteiger partial charge in [-0.2, -0.15) is 4.98 Å². The van der Waals surface area contributed by atoms with Crippen LogP contribution >= 0.6 is 19.2 Å². The number of nitrogens with zero attached hydrogens (tertiary/aromatic N) is 3. The maximum absolute atomic E-state index is 10.9. The molecule has 0 spiro atoms. The van der Waals surface area contributed by atoms with Gasteiger partial charge in [-0.3, -0.25) is 4.57 Å². The van der Waals surface area contributed by atoms with Crippen LogP contribution in [0.3, 0.4) is 0 Å². The SMILES string of the molecule is CN(C)c1ccc2[nH]c3c(NCCCP(=O)(O)O)nc(Cl)nc3c2c1. The van der Waals surface area contributed by atoms with Gasteiger partial charge in [0.25, 0.3) is 0 Å². The van der Waals surface area contributed by atoms with Crippen LogP contribution in [0.1, 0.15) is 6.42 Å². The van der Waals surface area contributed by atoms with Gasteiger partial charge in [0.1, 0.15) is 11.0 Å². The van der Waals surface area contributed by atoms with Crippen molar-refractivity contribution in [1.82, 2.24) is 15.0 Å². The van der Waals surface area contributed by atoms with E-state index in [1.165, 1.54) is 0 Å². The van der Waals surface area contributed by atoms with E-state index in [1.54, 1.807) is 0 Å². The van der Waals surface area contributed by atoms with Crippen molar-refractivity contribution < 1.29 is 14.4 Å². The first-order valence-corrected chi connectivity index (χ1v) is 9.87. The fourth-order valence-electron chi connectivity index (χ4n) is 2.62. The van der Waals surface area contributed by atoms with Crippen LogP contribution in [0.5, 0.6) is 0 Å². The van der Waals surface area contributed by atoms with Crippen molar-refractivity contribution in [1.29, 1.82) is 0 Å². The van der Waals surface area contributed by atoms with Gasteiger partial charge in [0, 0.05) is 37.2 Å². The summed E-state index contributed by atoms with van der Waals surface area (Å²) in [4.78, 5) is 31.7. The number of aromatic amines is 1. The van der Waals surface area contributed by atoms with E-state index in [2.05, 4.69) is 20.3 Å². The number of anilines is 2. The minimum absolute atomic E-state index is 0.112. The topological polar surface area (TPSA) is 114 Å². The molecule has 0 unspecified atom stereocenters. The van der Waals surface area contributed by atoms with Crippen LogP contribution in [0.2, 0.25) is 5.28 Å². The predicted molar refractivity (Wildman–Crippen MR) is 101 cm³/mol. The Morgan fingerprint density at radius 3 is 2.76 bits per heavy atom. The van der Waals surface area contributed by atoms with E-state index in [9.17, 15) is 4.57 Å². The molecule has 0 fully saturated rings. The normalized spacial score (nSPS) is 12.0. The van der Waals surface area contributed by atoms with E-state index in [-0.39, 0.29) is 11.4 Å². The van der Waals surface area contributed by atoms with Crippen LogP contribution in [0.25, 0.3) is 21.9 Å². The molecule has 1 aromatic carbocycles. The highest BCUT2D eigenvalue weighted by molar-refractivity contribution is 7.51. The van der Waals surface area contributed by atoms with Crippen molar-refractivity contribution in [3.63, 3.8) is 0 Å². The number of benzene rings is 1. The highest BCUT2D eigenvalue weighted by Crippen LogP contribution is 2.35. The Bertz CT molecular complexity index is 969. The van der Waals surface area contributed by atoms with Gasteiger partial charge in [-0.25, -0.2) is 4.98 Å². The molecule has 0 saturated heterocycles. The highest BCUT2D eigenvalue weighted by Gasteiger charge is 2.15. The quantitative estimate of drug-likeness (QED) is 0.294. The number of fused-ring (bicyclic) bond motifs is 3. The van der Waals surface area contributed by atoms with Crippen LogP contribution in [0.4, 0.5) is 11.5 Å². The summed E-state index contributed by atoms with van der Waals surface area (Å²) in [6, 6.07) is 5.99. The number of halogens is 1. The first-order chi connectivity index (χ1) is 11.7. The molecule has 0 saturated carbocycles. The number of rotatable bonds is 6. The Labute approximate surface area is 149 Å². The second-order valence-electron chi connectivity index (χ2n) is 5.98. The molecule has 8 nitrogen and oxygen atoms in total. The van der Waals surface area contributed by atoms with E-state index in [4.69, 9.17) is 21.4 Å². The summed E-state index contributed by atoms with van der Waals surface area (Å²) >= 11 is 6.06. The lowest BCUT2D eigenvalue weighted by atomic mass is 10.2. The van der Waals surface area contributed by atoms with E-state index in [0.717, 1.165) is 16.6 Å². The Kier molecular flexibility index (Phi) is 4.88. The maximum Gasteiger partial charge on any atom is 0.325 e. The van der Waals surface area contributed by atoms with Crippen molar-refractivity contribution in [2.24, 2.45) is 0 Å². The lowest BCUT2D eigenvalue weighted by Gasteiger charge is -2.11. The zero-order chi connectivity index (χ0) is 18.2. The highest BCUT2D eigenvalue weighted by atomic mass is 35.5. The van der Waals surface area contributed by atoms with Crippen molar-refractivity contribution in [3.8, 4) is 0 Å². The second-order valence-corrected chi connectivity index (χ2v) is 8.10. The van der Waals surface area contributed by atoms with Gasteiger partial charge in [0.15, 0.2) is 5.82 Å². The summed E-state index contributed by atoms with van der Waals surface area (Å²) in [5.41, 5.74) is 3.37. The zero-order valence-electron chi connectivity index (χ0n) is 13.8. The molecule has 0 aliphatic rings. The molecule has 10 heteroatoms. The van der Waals surface area contributed by atoms with Gasteiger partial charge in [-0.15, -0.1) is 0 Å². The van der Waals surface area contributed by atoms with E-state index < -0.39 is 7.60 Å². The van der Waals surface area contributed by atoms with Crippen LogP contribution in [0.15, 0.2) is 18.2 Å². The van der Waals surface area contributed by atoms with Crippen molar-refractivity contribution in [2.45, 2.75) is 6.42 Å². The third kappa shape index (κ3) is 4.04. The molecule has 134 valence electrons. The smallest absolute Gasteiger partial charge is 0.325 e. The molecular formula is C15H19ClN5O3P. The molecular weight excluding hydrogens is 365 g/mol. The third-order valence-electron chi connectivity index (χ3n) is 3.83. The average Bonchev–Trinajstić information content (AvgIpc) is 2.88. The number of hydrogen-bond donors (Lipinski definition) is 4. The molecule has 3 aromatic rings. The van der Waals surface area contributed by atoms with E-state index >= 15 is 0 Å². The third-order valence-corrected chi connectivity index (χ3v) is 4.90.